The van der Waals surface area contributed by atoms with Crippen LogP contribution in [0.25, 0.3) is 0 Å². The number of rotatable bonds is 1. The van der Waals surface area contributed by atoms with Gasteiger partial charge in [0.05, 0.1) is 5.60 Å². The summed E-state index contributed by atoms with van der Waals surface area (Å²) in [5.41, 5.74) is 0.0450. The first-order chi connectivity index (χ1) is 9.27. The summed E-state index contributed by atoms with van der Waals surface area (Å²) >= 11 is 0. The zero-order valence-electron chi connectivity index (χ0n) is 10.8. The van der Waals surface area contributed by atoms with Crippen molar-refractivity contribution in [3.63, 3.8) is 0 Å². The highest BCUT2D eigenvalue weighted by Crippen LogP contribution is 2.35. The Balaban J connectivity index is 1.55. The average molecular weight is 262 g/mol. The number of ether oxygens (including phenoxy) is 1. The lowest BCUT2D eigenvalue weighted by molar-refractivity contribution is -0.0353. The first-order valence-corrected chi connectivity index (χ1v) is 6.75. The first kappa shape index (κ1) is 12.3. The molecule has 6 nitrogen and oxygen atoms in total. The average Bonchev–Trinajstić information content (AvgIpc) is 2.89. The Morgan fingerprint density at radius 3 is 2.84 bits per heavy atom. The maximum absolute atomic E-state index is 12.1. The van der Waals surface area contributed by atoms with Crippen LogP contribution >= 0.6 is 0 Å². The van der Waals surface area contributed by atoms with E-state index in [0.29, 0.717) is 5.82 Å². The zero-order chi connectivity index (χ0) is 13.1. The molecule has 0 aromatic carbocycles. The number of carbonyl (C=O) groups excluding carboxylic acids is 1. The van der Waals surface area contributed by atoms with Crippen LogP contribution in [0.2, 0.25) is 0 Å². The van der Waals surface area contributed by atoms with Gasteiger partial charge in [0, 0.05) is 25.9 Å². The van der Waals surface area contributed by atoms with Crippen molar-refractivity contribution in [3.8, 4) is 0 Å². The van der Waals surface area contributed by atoms with Gasteiger partial charge in [-0.25, -0.2) is 4.79 Å². The maximum atomic E-state index is 12.1. The molecule has 19 heavy (non-hydrogen) atoms. The van der Waals surface area contributed by atoms with Gasteiger partial charge in [0.25, 0.3) is 0 Å². The number of hydrogen-bond donors (Lipinski definition) is 1. The molecule has 1 aromatic heterocycles. The van der Waals surface area contributed by atoms with Crippen LogP contribution in [0.3, 0.4) is 0 Å². The number of aromatic nitrogens is 2. The van der Waals surface area contributed by atoms with Gasteiger partial charge in [-0.1, -0.05) is 0 Å². The second-order valence-electron chi connectivity index (χ2n) is 5.16. The lowest BCUT2D eigenvalue weighted by Gasteiger charge is -2.38. The summed E-state index contributed by atoms with van der Waals surface area (Å²) in [5, 5.41) is 10.4. The highest BCUT2D eigenvalue weighted by atomic mass is 16.5. The van der Waals surface area contributed by atoms with E-state index in [0.717, 1.165) is 45.4 Å². The van der Waals surface area contributed by atoms with Crippen molar-refractivity contribution in [1.29, 1.82) is 0 Å². The molecule has 3 heterocycles. The summed E-state index contributed by atoms with van der Waals surface area (Å²) in [5.74, 6) is 0.491. The van der Waals surface area contributed by atoms with Gasteiger partial charge in [0.2, 0.25) is 0 Å². The van der Waals surface area contributed by atoms with Crippen LogP contribution in [0.15, 0.2) is 18.3 Å². The lowest BCUT2D eigenvalue weighted by Crippen LogP contribution is -2.47. The van der Waals surface area contributed by atoms with E-state index in [-0.39, 0.29) is 11.6 Å². The smallest absolute Gasteiger partial charge is 0.323 e. The standard InChI is InChI=1S/C13H18N4O2/c18-12(15-11-3-1-7-14-16-11)17-8-5-13(6-9-17)4-2-10-19-13/h1,3,7H,2,4-6,8-10H2,(H,15,16,18). The first-order valence-electron chi connectivity index (χ1n) is 6.75. The van der Waals surface area contributed by atoms with Crippen LogP contribution in [0.5, 0.6) is 0 Å². The van der Waals surface area contributed by atoms with Crippen LogP contribution < -0.4 is 5.32 Å². The fourth-order valence-electron chi connectivity index (χ4n) is 2.82. The molecule has 0 radical (unpaired) electrons. The molecule has 1 N–H and O–H groups in total. The summed E-state index contributed by atoms with van der Waals surface area (Å²) in [6.07, 6.45) is 5.72. The highest BCUT2D eigenvalue weighted by Gasteiger charge is 2.39. The second-order valence-corrected chi connectivity index (χ2v) is 5.16. The molecule has 1 spiro atoms. The Morgan fingerprint density at radius 2 is 2.21 bits per heavy atom. The second kappa shape index (κ2) is 5.13. The minimum atomic E-state index is -0.103. The van der Waals surface area contributed by atoms with E-state index in [1.807, 2.05) is 4.90 Å². The van der Waals surface area contributed by atoms with Crippen molar-refractivity contribution >= 4 is 11.8 Å². The van der Waals surface area contributed by atoms with Gasteiger partial charge in [-0.3, -0.25) is 5.32 Å². The number of piperidine rings is 1. The van der Waals surface area contributed by atoms with E-state index in [4.69, 9.17) is 4.74 Å². The molecule has 1 aromatic rings. The minimum Gasteiger partial charge on any atom is -0.375 e. The quantitative estimate of drug-likeness (QED) is 0.835. The molecule has 0 saturated carbocycles. The predicted octanol–water partition coefficient (Wildman–Crippen LogP) is 1.65. The van der Waals surface area contributed by atoms with Gasteiger partial charge in [-0.2, -0.15) is 5.10 Å². The molecule has 0 atom stereocenters. The van der Waals surface area contributed by atoms with Crippen molar-refractivity contribution in [2.45, 2.75) is 31.3 Å². The molecule has 3 rings (SSSR count). The molecule has 0 unspecified atom stereocenters. The van der Waals surface area contributed by atoms with Crippen LogP contribution in [-0.2, 0) is 4.74 Å². The highest BCUT2D eigenvalue weighted by molar-refractivity contribution is 5.88. The van der Waals surface area contributed by atoms with Crippen LogP contribution in [0.4, 0.5) is 10.6 Å². The van der Waals surface area contributed by atoms with Crippen molar-refractivity contribution in [2.75, 3.05) is 25.0 Å². The molecular formula is C13H18N4O2. The predicted molar refractivity (Wildman–Crippen MR) is 69.8 cm³/mol. The third-order valence-corrected chi connectivity index (χ3v) is 3.95. The van der Waals surface area contributed by atoms with Crippen molar-refractivity contribution in [1.82, 2.24) is 15.1 Å². The van der Waals surface area contributed by atoms with E-state index >= 15 is 0 Å². The van der Waals surface area contributed by atoms with Gasteiger partial charge in [-0.05, 0) is 37.8 Å². The minimum absolute atomic E-state index is 0.0450. The van der Waals surface area contributed by atoms with Crippen molar-refractivity contribution in [3.05, 3.63) is 18.3 Å². The van der Waals surface area contributed by atoms with E-state index < -0.39 is 0 Å². The third-order valence-electron chi connectivity index (χ3n) is 3.95. The SMILES string of the molecule is O=C(Nc1cccnn1)N1CCC2(CCCO2)CC1. The Bertz CT molecular complexity index is 435. The molecule has 102 valence electrons. The maximum Gasteiger partial charge on any atom is 0.323 e. The Labute approximate surface area is 112 Å². The van der Waals surface area contributed by atoms with Gasteiger partial charge in [-0.15, -0.1) is 5.10 Å². The molecule has 0 aliphatic carbocycles. The van der Waals surface area contributed by atoms with E-state index in [1.54, 1.807) is 18.3 Å². The number of amides is 2. The van der Waals surface area contributed by atoms with Crippen LogP contribution in [0, 0.1) is 0 Å². The zero-order valence-corrected chi connectivity index (χ0v) is 10.8. The number of hydrogen-bond acceptors (Lipinski definition) is 4. The molecular weight excluding hydrogens is 244 g/mol. The van der Waals surface area contributed by atoms with Gasteiger partial charge < -0.3 is 9.64 Å². The molecule has 2 saturated heterocycles. The third kappa shape index (κ3) is 2.68. The molecule has 2 aliphatic rings. The molecule has 2 aliphatic heterocycles. The van der Waals surface area contributed by atoms with Gasteiger partial charge in [0.1, 0.15) is 0 Å². The number of nitrogens with one attached hydrogen (secondary N) is 1. The molecule has 2 amide bonds. The Morgan fingerprint density at radius 1 is 1.37 bits per heavy atom. The van der Waals surface area contributed by atoms with Crippen molar-refractivity contribution < 1.29 is 9.53 Å². The summed E-state index contributed by atoms with van der Waals surface area (Å²) in [4.78, 5) is 13.9. The largest absolute Gasteiger partial charge is 0.375 e. The van der Waals surface area contributed by atoms with Crippen molar-refractivity contribution in [2.24, 2.45) is 0 Å². The Kier molecular flexibility index (Phi) is 3.33. The number of urea groups is 1. The number of carbonyl (C=O) groups is 1. The van der Waals surface area contributed by atoms with Crippen LogP contribution in [-0.4, -0.2) is 46.4 Å². The fraction of sp³-hybridized carbons (Fsp3) is 0.615. The summed E-state index contributed by atoms with van der Waals surface area (Å²) in [6, 6.07) is 3.38. The summed E-state index contributed by atoms with van der Waals surface area (Å²) in [7, 11) is 0. The molecule has 0 bridgehead atoms. The van der Waals surface area contributed by atoms with E-state index in [9.17, 15) is 4.79 Å². The fourth-order valence-corrected chi connectivity index (χ4v) is 2.82. The number of anilines is 1. The monoisotopic (exact) mass is 262 g/mol. The summed E-state index contributed by atoms with van der Waals surface area (Å²) < 4.78 is 5.85. The van der Waals surface area contributed by atoms with E-state index in [1.165, 1.54) is 0 Å². The molecule has 6 heteroatoms. The molecule has 2 fully saturated rings. The number of likely N-dealkylation sites (tertiary alicyclic amines) is 1. The Hall–Kier alpha value is -1.69. The van der Waals surface area contributed by atoms with E-state index in [2.05, 4.69) is 15.5 Å². The van der Waals surface area contributed by atoms with Gasteiger partial charge >= 0.3 is 6.03 Å². The van der Waals surface area contributed by atoms with Crippen LogP contribution in [0.1, 0.15) is 25.7 Å². The summed E-state index contributed by atoms with van der Waals surface area (Å²) in [6.45, 7) is 2.35. The topological polar surface area (TPSA) is 67.4 Å². The normalized spacial score (nSPS) is 21.6. The lowest BCUT2D eigenvalue weighted by atomic mass is 9.89. The number of nitrogens with zero attached hydrogens (tertiary/aromatic N) is 3. The van der Waals surface area contributed by atoms with Gasteiger partial charge in [0.15, 0.2) is 5.82 Å².